The molecule has 2 rings (SSSR count). The van der Waals surface area contributed by atoms with Crippen LogP contribution < -0.4 is 4.90 Å². The van der Waals surface area contributed by atoms with Gasteiger partial charge in [-0.15, -0.1) is 0 Å². The number of piperidine rings is 1. The number of pyridine rings is 1. The van der Waals surface area contributed by atoms with Gasteiger partial charge in [-0.1, -0.05) is 13.0 Å². The molecule has 2 heterocycles. The maximum absolute atomic E-state index is 8.98. The van der Waals surface area contributed by atoms with Gasteiger partial charge in [-0.2, -0.15) is 0 Å². The van der Waals surface area contributed by atoms with Gasteiger partial charge in [-0.05, 0) is 37.3 Å². The Balaban J connectivity index is 2.15. The van der Waals surface area contributed by atoms with Crippen LogP contribution in [0.2, 0.25) is 0 Å². The van der Waals surface area contributed by atoms with Crippen molar-refractivity contribution in [2.45, 2.75) is 39.3 Å². The fourth-order valence-electron chi connectivity index (χ4n) is 2.34. The van der Waals surface area contributed by atoms with Crippen molar-refractivity contribution in [2.24, 2.45) is 5.92 Å². The molecule has 1 aromatic heterocycles. The summed E-state index contributed by atoms with van der Waals surface area (Å²) in [4.78, 5) is 6.79. The highest BCUT2D eigenvalue weighted by Gasteiger charge is 2.25. The second-order valence-electron chi connectivity index (χ2n) is 4.74. The third kappa shape index (κ3) is 2.19. The summed E-state index contributed by atoms with van der Waals surface area (Å²) in [5.74, 6) is 1.77. The molecule has 16 heavy (non-hydrogen) atoms. The highest BCUT2D eigenvalue weighted by atomic mass is 16.3. The normalized spacial score (nSPS) is 25.8. The van der Waals surface area contributed by atoms with E-state index in [1.54, 1.807) is 6.20 Å². The number of hydrogen-bond acceptors (Lipinski definition) is 3. The zero-order valence-corrected chi connectivity index (χ0v) is 10.1. The molecule has 2 atom stereocenters. The molecule has 0 aromatic carbocycles. The van der Waals surface area contributed by atoms with Crippen molar-refractivity contribution >= 4 is 5.82 Å². The van der Waals surface area contributed by atoms with Gasteiger partial charge in [0.15, 0.2) is 0 Å². The largest absolute Gasteiger partial charge is 0.392 e. The summed E-state index contributed by atoms with van der Waals surface area (Å²) in [5, 5.41) is 8.98. The lowest BCUT2D eigenvalue weighted by molar-refractivity contribution is 0.281. The van der Waals surface area contributed by atoms with E-state index in [4.69, 9.17) is 5.11 Å². The maximum Gasteiger partial charge on any atom is 0.128 e. The predicted molar refractivity (Wildman–Crippen MR) is 65.4 cm³/mol. The lowest BCUT2D eigenvalue weighted by atomic mass is 9.92. The van der Waals surface area contributed by atoms with Crippen LogP contribution in [0.3, 0.4) is 0 Å². The second-order valence-corrected chi connectivity index (χ2v) is 4.74. The van der Waals surface area contributed by atoms with E-state index in [0.29, 0.717) is 6.04 Å². The molecule has 1 fully saturated rings. The minimum Gasteiger partial charge on any atom is -0.392 e. The van der Waals surface area contributed by atoms with Gasteiger partial charge < -0.3 is 10.0 Å². The van der Waals surface area contributed by atoms with Crippen molar-refractivity contribution in [1.82, 2.24) is 4.98 Å². The Morgan fingerprint density at radius 2 is 2.25 bits per heavy atom. The summed E-state index contributed by atoms with van der Waals surface area (Å²) < 4.78 is 0. The summed E-state index contributed by atoms with van der Waals surface area (Å²) in [6.07, 6.45) is 4.32. The maximum atomic E-state index is 8.98. The molecule has 1 saturated heterocycles. The Hall–Kier alpha value is -1.09. The highest BCUT2D eigenvalue weighted by Crippen LogP contribution is 2.26. The Morgan fingerprint density at radius 3 is 2.88 bits per heavy atom. The molecule has 0 saturated carbocycles. The molecule has 88 valence electrons. The average molecular weight is 220 g/mol. The first-order valence-corrected chi connectivity index (χ1v) is 6.05. The van der Waals surface area contributed by atoms with Crippen molar-refractivity contribution in [3.63, 3.8) is 0 Å². The molecule has 0 bridgehead atoms. The minimum absolute atomic E-state index is 0.0687. The van der Waals surface area contributed by atoms with Crippen LogP contribution in [0.15, 0.2) is 18.3 Å². The van der Waals surface area contributed by atoms with E-state index in [-0.39, 0.29) is 6.61 Å². The highest BCUT2D eigenvalue weighted by molar-refractivity contribution is 5.41. The molecular weight excluding hydrogens is 200 g/mol. The van der Waals surface area contributed by atoms with Gasteiger partial charge >= 0.3 is 0 Å². The lowest BCUT2D eigenvalue weighted by Gasteiger charge is -2.38. The van der Waals surface area contributed by atoms with Gasteiger partial charge in [0.25, 0.3) is 0 Å². The fraction of sp³-hybridized carbons (Fsp3) is 0.615. The van der Waals surface area contributed by atoms with E-state index < -0.39 is 0 Å². The van der Waals surface area contributed by atoms with Gasteiger partial charge in [0.05, 0.1) is 6.61 Å². The van der Waals surface area contributed by atoms with E-state index >= 15 is 0 Å². The lowest BCUT2D eigenvalue weighted by Crippen LogP contribution is -2.42. The van der Waals surface area contributed by atoms with E-state index in [9.17, 15) is 0 Å². The molecule has 2 unspecified atom stereocenters. The fourth-order valence-corrected chi connectivity index (χ4v) is 2.34. The van der Waals surface area contributed by atoms with E-state index in [2.05, 4.69) is 23.7 Å². The number of hydrogen-bond donors (Lipinski definition) is 1. The quantitative estimate of drug-likeness (QED) is 0.830. The van der Waals surface area contributed by atoms with Crippen LogP contribution in [0.25, 0.3) is 0 Å². The summed E-state index contributed by atoms with van der Waals surface area (Å²) >= 11 is 0. The van der Waals surface area contributed by atoms with Crippen LogP contribution in [-0.4, -0.2) is 22.7 Å². The number of aliphatic hydroxyl groups excluding tert-OH is 1. The Labute approximate surface area is 97.1 Å². The molecule has 1 aromatic rings. The molecule has 3 nitrogen and oxygen atoms in total. The van der Waals surface area contributed by atoms with E-state index in [0.717, 1.165) is 23.8 Å². The van der Waals surface area contributed by atoms with Gasteiger partial charge in [-0.3, -0.25) is 0 Å². The van der Waals surface area contributed by atoms with Crippen LogP contribution in [0.5, 0.6) is 0 Å². The molecule has 1 aliphatic heterocycles. The molecular formula is C13H20N2O. The van der Waals surface area contributed by atoms with Crippen LogP contribution in [0.1, 0.15) is 32.3 Å². The Bertz CT molecular complexity index is 336. The summed E-state index contributed by atoms with van der Waals surface area (Å²) in [6, 6.07) is 4.52. The van der Waals surface area contributed by atoms with E-state index in [1.807, 2.05) is 12.1 Å². The first-order chi connectivity index (χ1) is 7.72. The summed E-state index contributed by atoms with van der Waals surface area (Å²) in [7, 11) is 0. The third-order valence-electron chi connectivity index (χ3n) is 3.66. The third-order valence-corrected chi connectivity index (χ3v) is 3.66. The first kappa shape index (κ1) is 11.4. The number of nitrogens with zero attached hydrogens (tertiary/aromatic N) is 2. The summed E-state index contributed by atoms with van der Waals surface area (Å²) in [6.45, 7) is 5.74. The second kappa shape index (κ2) is 4.83. The van der Waals surface area contributed by atoms with Crippen LogP contribution in [0.4, 0.5) is 5.82 Å². The van der Waals surface area contributed by atoms with Gasteiger partial charge in [0.1, 0.15) is 5.82 Å². The smallest absolute Gasteiger partial charge is 0.128 e. The number of rotatable bonds is 2. The molecule has 0 spiro atoms. The van der Waals surface area contributed by atoms with Crippen molar-refractivity contribution in [3.05, 3.63) is 23.9 Å². The van der Waals surface area contributed by atoms with Crippen molar-refractivity contribution < 1.29 is 5.11 Å². The number of aromatic nitrogens is 1. The molecule has 0 radical (unpaired) electrons. The summed E-state index contributed by atoms with van der Waals surface area (Å²) in [5.41, 5.74) is 0.876. The van der Waals surface area contributed by atoms with E-state index in [1.165, 1.54) is 12.8 Å². The standard InChI is InChI=1S/C13H20N2O/c1-10-4-3-7-15(11(10)2)13-6-5-12(9-16)8-14-13/h5-6,8,10-11,16H,3-4,7,9H2,1-2H3. The van der Waals surface area contributed by atoms with Crippen molar-refractivity contribution in [2.75, 3.05) is 11.4 Å². The minimum atomic E-state index is 0.0687. The zero-order chi connectivity index (χ0) is 11.5. The zero-order valence-electron chi connectivity index (χ0n) is 10.1. The predicted octanol–water partition coefficient (Wildman–Crippen LogP) is 2.20. The number of aliphatic hydroxyl groups is 1. The Morgan fingerprint density at radius 1 is 1.44 bits per heavy atom. The molecule has 0 amide bonds. The van der Waals surface area contributed by atoms with Gasteiger partial charge in [0, 0.05) is 18.8 Å². The van der Waals surface area contributed by atoms with Gasteiger partial charge in [0.2, 0.25) is 0 Å². The number of anilines is 1. The van der Waals surface area contributed by atoms with Crippen LogP contribution in [-0.2, 0) is 6.61 Å². The van der Waals surface area contributed by atoms with Crippen LogP contribution >= 0.6 is 0 Å². The van der Waals surface area contributed by atoms with Crippen LogP contribution in [0, 0.1) is 5.92 Å². The van der Waals surface area contributed by atoms with Crippen molar-refractivity contribution in [1.29, 1.82) is 0 Å². The first-order valence-electron chi connectivity index (χ1n) is 6.05. The SMILES string of the molecule is CC1CCCN(c2ccc(CO)cn2)C1C. The Kier molecular flexibility index (Phi) is 3.44. The van der Waals surface area contributed by atoms with Gasteiger partial charge in [-0.25, -0.2) is 4.98 Å². The monoisotopic (exact) mass is 220 g/mol. The molecule has 0 aliphatic carbocycles. The molecule has 1 aliphatic rings. The molecule has 1 N–H and O–H groups in total. The topological polar surface area (TPSA) is 36.4 Å². The molecule has 3 heteroatoms. The average Bonchev–Trinajstić information content (AvgIpc) is 2.33. The van der Waals surface area contributed by atoms with Crippen molar-refractivity contribution in [3.8, 4) is 0 Å².